The number of primary amides is 1. The minimum absolute atomic E-state index is 0.249. The molecule has 2 amide bonds. The van der Waals surface area contributed by atoms with Crippen molar-refractivity contribution in [2.24, 2.45) is 5.73 Å². The van der Waals surface area contributed by atoms with E-state index in [1.165, 1.54) is 13.3 Å². The molecule has 0 unspecified atom stereocenters. The summed E-state index contributed by atoms with van der Waals surface area (Å²) in [6.45, 7) is 0. The van der Waals surface area contributed by atoms with Gasteiger partial charge in [0.05, 0.1) is 12.7 Å². The Labute approximate surface area is 144 Å². The van der Waals surface area contributed by atoms with Crippen molar-refractivity contribution in [1.82, 2.24) is 9.97 Å². The van der Waals surface area contributed by atoms with Crippen LogP contribution in [-0.2, 0) is 4.74 Å². The highest BCUT2D eigenvalue weighted by Crippen LogP contribution is 2.26. The van der Waals surface area contributed by atoms with E-state index in [4.69, 9.17) is 5.73 Å². The molecule has 25 heavy (non-hydrogen) atoms. The highest BCUT2D eigenvalue weighted by atomic mass is 16.5. The quantitative estimate of drug-likeness (QED) is 0.632. The number of methoxy groups -OCH3 is 1. The van der Waals surface area contributed by atoms with Gasteiger partial charge in [0.2, 0.25) is 5.95 Å². The number of nitrogens with zero attached hydrogens (tertiary/aromatic N) is 2. The normalized spacial score (nSPS) is 13.0. The summed E-state index contributed by atoms with van der Waals surface area (Å²) in [5.74, 6) is 0.138. The molecule has 1 fully saturated rings. The third-order valence-corrected chi connectivity index (χ3v) is 3.52. The number of nitrogens with two attached hydrogens (primary N) is 1. The van der Waals surface area contributed by atoms with Crippen molar-refractivity contribution in [3.05, 3.63) is 36.0 Å². The number of rotatable bonds is 6. The smallest absolute Gasteiger partial charge is 0.411 e. The van der Waals surface area contributed by atoms with Gasteiger partial charge in [0.25, 0.3) is 5.91 Å². The molecule has 1 aliphatic carbocycles. The molecule has 130 valence electrons. The van der Waals surface area contributed by atoms with Crippen LogP contribution in [0.1, 0.15) is 23.2 Å². The van der Waals surface area contributed by atoms with E-state index in [9.17, 15) is 9.59 Å². The Hall–Kier alpha value is -3.36. The molecule has 1 heterocycles. The largest absolute Gasteiger partial charge is 0.453 e. The summed E-state index contributed by atoms with van der Waals surface area (Å²) in [7, 11) is 1.29. The minimum Gasteiger partial charge on any atom is -0.453 e. The molecule has 1 saturated carbocycles. The van der Waals surface area contributed by atoms with E-state index < -0.39 is 12.0 Å². The fourth-order valence-corrected chi connectivity index (χ4v) is 2.13. The summed E-state index contributed by atoms with van der Waals surface area (Å²) in [4.78, 5) is 31.2. The van der Waals surface area contributed by atoms with Gasteiger partial charge < -0.3 is 21.1 Å². The lowest BCUT2D eigenvalue weighted by molar-refractivity contribution is 0.100. The maximum Gasteiger partial charge on any atom is 0.411 e. The zero-order valence-corrected chi connectivity index (χ0v) is 13.6. The fraction of sp³-hybridized carbons (Fsp3) is 0.250. The summed E-state index contributed by atoms with van der Waals surface area (Å²) < 4.78 is 4.56. The summed E-state index contributed by atoms with van der Waals surface area (Å²) in [6.07, 6.45) is 2.90. The van der Waals surface area contributed by atoms with E-state index in [1.54, 1.807) is 24.3 Å². The number of benzene rings is 1. The predicted octanol–water partition coefficient (Wildman–Crippen LogP) is 2.07. The van der Waals surface area contributed by atoms with E-state index in [1.807, 2.05) is 0 Å². The molecule has 9 heteroatoms. The lowest BCUT2D eigenvalue weighted by atomic mass is 10.2. The molecule has 0 spiro atoms. The average Bonchev–Trinajstić information content (AvgIpc) is 3.39. The monoisotopic (exact) mass is 342 g/mol. The van der Waals surface area contributed by atoms with Crippen LogP contribution in [0.25, 0.3) is 0 Å². The number of hydrogen-bond acceptors (Lipinski definition) is 7. The van der Waals surface area contributed by atoms with Gasteiger partial charge in [-0.05, 0) is 31.0 Å². The van der Waals surface area contributed by atoms with Crippen molar-refractivity contribution in [1.29, 1.82) is 0 Å². The van der Waals surface area contributed by atoms with Crippen molar-refractivity contribution in [2.45, 2.75) is 18.9 Å². The van der Waals surface area contributed by atoms with Crippen LogP contribution in [0.15, 0.2) is 30.5 Å². The van der Waals surface area contributed by atoms with Crippen LogP contribution in [0, 0.1) is 0 Å². The van der Waals surface area contributed by atoms with Crippen LogP contribution >= 0.6 is 0 Å². The van der Waals surface area contributed by atoms with Crippen molar-refractivity contribution >= 4 is 35.1 Å². The molecule has 5 N–H and O–H groups in total. The van der Waals surface area contributed by atoms with Crippen molar-refractivity contribution in [3.63, 3.8) is 0 Å². The molecule has 1 aliphatic rings. The lowest BCUT2D eigenvalue weighted by Crippen LogP contribution is -2.17. The van der Waals surface area contributed by atoms with Crippen molar-refractivity contribution in [3.8, 4) is 0 Å². The molecule has 0 atom stereocenters. The molecule has 3 rings (SSSR count). The number of carbonyl (C=O) groups excluding carboxylic acids is 2. The number of nitrogens with one attached hydrogen (secondary N) is 3. The van der Waals surface area contributed by atoms with E-state index in [-0.39, 0.29) is 5.56 Å². The topological polar surface area (TPSA) is 131 Å². The van der Waals surface area contributed by atoms with Gasteiger partial charge in [0.1, 0.15) is 5.82 Å². The van der Waals surface area contributed by atoms with Gasteiger partial charge in [0.15, 0.2) is 0 Å². The van der Waals surface area contributed by atoms with Crippen LogP contribution in [0.4, 0.5) is 27.9 Å². The second-order valence-electron chi connectivity index (χ2n) is 5.56. The number of ether oxygens (including phenoxy) is 1. The summed E-state index contributed by atoms with van der Waals surface area (Å²) in [5.41, 5.74) is 6.83. The van der Waals surface area contributed by atoms with Crippen LogP contribution in [0.3, 0.4) is 0 Å². The second kappa shape index (κ2) is 7.04. The molecular weight excluding hydrogens is 324 g/mol. The Morgan fingerprint density at radius 2 is 2.04 bits per heavy atom. The molecule has 1 aromatic carbocycles. The predicted molar refractivity (Wildman–Crippen MR) is 92.9 cm³/mol. The summed E-state index contributed by atoms with van der Waals surface area (Å²) in [6, 6.07) is 7.29. The fourth-order valence-electron chi connectivity index (χ4n) is 2.13. The Kier molecular flexibility index (Phi) is 4.64. The van der Waals surface area contributed by atoms with Crippen molar-refractivity contribution in [2.75, 3.05) is 23.1 Å². The molecule has 0 bridgehead atoms. The highest BCUT2D eigenvalue weighted by Gasteiger charge is 2.24. The van der Waals surface area contributed by atoms with Gasteiger partial charge in [-0.2, -0.15) is 4.98 Å². The number of amides is 2. The molecule has 0 aliphatic heterocycles. The van der Waals surface area contributed by atoms with Gasteiger partial charge in [-0.15, -0.1) is 0 Å². The zero-order valence-electron chi connectivity index (χ0n) is 13.6. The maximum atomic E-state index is 11.5. The number of carbonyl (C=O) groups is 2. The Morgan fingerprint density at radius 1 is 1.28 bits per heavy atom. The molecule has 1 aromatic heterocycles. The van der Waals surface area contributed by atoms with Crippen LogP contribution < -0.4 is 21.7 Å². The molecule has 2 aromatic rings. The number of aromatic nitrogens is 2. The lowest BCUT2D eigenvalue weighted by Gasteiger charge is -2.11. The van der Waals surface area contributed by atoms with Crippen LogP contribution in [-0.4, -0.2) is 35.1 Å². The molecular formula is C16H18N6O3. The van der Waals surface area contributed by atoms with Gasteiger partial charge >= 0.3 is 6.09 Å². The summed E-state index contributed by atoms with van der Waals surface area (Å²) >= 11 is 0. The Bertz CT molecular complexity index is 806. The first-order valence-electron chi connectivity index (χ1n) is 7.70. The third kappa shape index (κ3) is 4.34. The van der Waals surface area contributed by atoms with E-state index in [0.717, 1.165) is 12.8 Å². The minimum atomic E-state index is -0.584. The maximum absolute atomic E-state index is 11.5. The Balaban J connectivity index is 1.79. The number of hydrogen-bond donors (Lipinski definition) is 4. The van der Waals surface area contributed by atoms with E-state index >= 15 is 0 Å². The Morgan fingerprint density at radius 3 is 2.72 bits per heavy atom. The third-order valence-electron chi connectivity index (χ3n) is 3.52. The second-order valence-corrected chi connectivity index (χ2v) is 5.56. The SMILES string of the molecule is COC(=O)Nc1cccc(Nc2ncc(C(N)=O)c(NC3CC3)n2)c1. The van der Waals surface area contributed by atoms with E-state index in [0.29, 0.717) is 29.2 Å². The average molecular weight is 342 g/mol. The standard InChI is InChI=1S/C16H18N6O3/c1-25-16(24)21-11-4-2-3-10(7-11)20-15-18-8-12(13(17)23)14(22-15)19-9-5-6-9/h2-4,7-9H,5-6H2,1H3,(H2,17,23)(H,21,24)(H2,18,19,20,22). The molecule has 9 nitrogen and oxygen atoms in total. The first-order chi connectivity index (χ1) is 12.0. The first kappa shape index (κ1) is 16.5. The van der Waals surface area contributed by atoms with Crippen LogP contribution in [0.2, 0.25) is 0 Å². The van der Waals surface area contributed by atoms with Crippen molar-refractivity contribution < 1.29 is 14.3 Å². The van der Waals surface area contributed by atoms with Gasteiger partial charge in [-0.25, -0.2) is 9.78 Å². The highest BCUT2D eigenvalue weighted by molar-refractivity contribution is 5.97. The van der Waals surface area contributed by atoms with Gasteiger partial charge in [-0.1, -0.05) is 6.07 Å². The summed E-state index contributed by atoms with van der Waals surface area (Å²) in [5, 5.41) is 8.77. The molecule has 0 radical (unpaired) electrons. The first-order valence-corrected chi connectivity index (χ1v) is 7.70. The molecule has 0 saturated heterocycles. The van der Waals surface area contributed by atoms with E-state index in [2.05, 4.69) is 30.7 Å². The number of anilines is 4. The zero-order chi connectivity index (χ0) is 17.8. The van der Waals surface area contributed by atoms with Gasteiger partial charge in [-0.3, -0.25) is 10.1 Å². The van der Waals surface area contributed by atoms with Crippen LogP contribution in [0.5, 0.6) is 0 Å². The van der Waals surface area contributed by atoms with Gasteiger partial charge in [0, 0.05) is 23.6 Å².